The Balaban J connectivity index is 2.19. The highest BCUT2D eigenvalue weighted by molar-refractivity contribution is 5.80. The Morgan fingerprint density at radius 3 is 3.17 bits per heavy atom. The van der Waals surface area contributed by atoms with Gasteiger partial charge in [-0.1, -0.05) is 6.08 Å². The predicted molar refractivity (Wildman–Crippen MR) is 47.0 cm³/mol. The smallest absolute Gasteiger partial charge is 0.139 e. The standard InChI is InChI=1S/C9H15NO2/c1-2-3-8(11)6-9-7-10-4-5-12-9/h2,9-10H,1,3-7H2. The van der Waals surface area contributed by atoms with Crippen LogP contribution in [-0.2, 0) is 9.53 Å². The van der Waals surface area contributed by atoms with E-state index in [1.165, 1.54) is 0 Å². The summed E-state index contributed by atoms with van der Waals surface area (Å²) in [5.74, 6) is 0.207. The fourth-order valence-electron chi connectivity index (χ4n) is 1.25. The zero-order valence-corrected chi connectivity index (χ0v) is 7.21. The molecule has 0 aliphatic carbocycles. The summed E-state index contributed by atoms with van der Waals surface area (Å²) < 4.78 is 5.38. The zero-order chi connectivity index (χ0) is 8.81. The fraction of sp³-hybridized carbons (Fsp3) is 0.667. The van der Waals surface area contributed by atoms with E-state index in [0.717, 1.165) is 13.1 Å². The summed E-state index contributed by atoms with van der Waals surface area (Å²) in [4.78, 5) is 11.1. The van der Waals surface area contributed by atoms with Gasteiger partial charge in [-0.25, -0.2) is 0 Å². The Morgan fingerprint density at radius 1 is 1.75 bits per heavy atom. The number of hydrogen-bond donors (Lipinski definition) is 1. The first-order valence-electron chi connectivity index (χ1n) is 4.28. The van der Waals surface area contributed by atoms with Crippen LogP contribution >= 0.6 is 0 Å². The van der Waals surface area contributed by atoms with Gasteiger partial charge in [0.25, 0.3) is 0 Å². The summed E-state index contributed by atoms with van der Waals surface area (Å²) in [5, 5.41) is 3.18. The number of Topliss-reactive ketones (excluding diaryl/α,β-unsaturated/α-hetero) is 1. The van der Waals surface area contributed by atoms with Crippen LogP contribution in [0.1, 0.15) is 12.8 Å². The SMILES string of the molecule is C=CCC(=O)CC1CNCCO1. The third-order valence-electron chi connectivity index (χ3n) is 1.83. The molecule has 1 saturated heterocycles. The molecular weight excluding hydrogens is 154 g/mol. The largest absolute Gasteiger partial charge is 0.375 e. The second-order valence-electron chi connectivity index (χ2n) is 2.93. The van der Waals surface area contributed by atoms with Crippen molar-refractivity contribution in [3.63, 3.8) is 0 Å². The highest BCUT2D eigenvalue weighted by Crippen LogP contribution is 2.03. The van der Waals surface area contributed by atoms with Crippen LogP contribution in [0.25, 0.3) is 0 Å². The van der Waals surface area contributed by atoms with Gasteiger partial charge in [-0.05, 0) is 0 Å². The van der Waals surface area contributed by atoms with Gasteiger partial charge in [0.15, 0.2) is 0 Å². The molecule has 0 amide bonds. The van der Waals surface area contributed by atoms with Crippen LogP contribution in [0.2, 0.25) is 0 Å². The summed E-state index contributed by atoms with van der Waals surface area (Å²) in [6, 6.07) is 0. The maximum Gasteiger partial charge on any atom is 0.139 e. The van der Waals surface area contributed by atoms with E-state index in [-0.39, 0.29) is 11.9 Å². The van der Waals surface area contributed by atoms with Crippen molar-refractivity contribution >= 4 is 5.78 Å². The van der Waals surface area contributed by atoms with Crippen molar-refractivity contribution in [3.05, 3.63) is 12.7 Å². The molecule has 3 heteroatoms. The lowest BCUT2D eigenvalue weighted by Crippen LogP contribution is -2.39. The third-order valence-corrected chi connectivity index (χ3v) is 1.83. The van der Waals surface area contributed by atoms with Gasteiger partial charge in [0.1, 0.15) is 5.78 Å². The Hall–Kier alpha value is -0.670. The summed E-state index contributed by atoms with van der Waals surface area (Å²) in [6.07, 6.45) is 2.68. The molecule has 12 heavy (non-hydrogen) atoms. The number of morpholine rings is 1. The van der Waals surface area contributed by atoms with Crippen LogP contribution in [0.3, 0.4) is 0 Å². The molecule has 1 aliphatic rings. The second kappa shape index (κ2) is 5.06. The molecule has 0 spiro atoms. The molecule has 1 unspecified atom stereocenters. The topological polar surface area (TPSA) is 38.3 Å². The Labute approximate surface area is 72.8 Å². The lowest BCUT2D eigenvalue weighted by Gasteiger charge is -2.22. The molecule has 1 fully saturated rings. The van der Waals surface area contributed by atoms with E-state index in [9.17, 15) is 4.79 Å². The van der Waals surface area contributed by atoms with Crippen LogP contribution < -0.4 is 5.32 Å². The summed E-state index contributed by atoms with van der Waals surface area (Å²) in [6.45, 7) is 5.92. The monoisotopic (exact) mass is 169 g/mol. The van der Waals surface area contributed by atoms with E-state index in [0.29, 0.717) is 19.4 Å². The maximum atomic E-state index is 11.1. The number of rotatable bonds is 4. The van der Waals surface area contributed by atoms with E-state index in [2.05, 4.69) is 11.9 Å². The molecule has 1 heterocycles. The van der Waals surface area contributed by atoms with Gasteiger partial charge in [-0.15, -0.1) is 6.58 Å². The molecule has 1 N–H and O–H groups in total. The van der Waals surface area contributed by atoms with Crippen molar-refractivity contribution in [3.8, 4) is 0 Å². The second-order valence-corrected chi connectivity index (χ2v) is 2.93. The van der Waals surface area contributed by atoms with Crippen molar-refractivity contribution in [1.82, 2.24) is 5.32 Å². The lowest BCUT2D eigenvalue weighted by molar-refractivity contribution is -0.121. The van der Waals surface area contributed by atoms with Crippen molar-refractivity contribution in [2.75, 3.05) is 19.7 Å². The molecule has 1 atom stereocenters. The minimum atomic E-state index is 0.0752. The molecule has 1 rings (SSSR count). The van der Waals surface area contributed by atoms with E-state index < -0.39 is 0 Å². The highest BCUT2D eigenvalue weighted by atomic mass is 16.5. The normalized spacial score (nSPS) is 23.5. The van der Waals surface area contributed by atoms with Crippen molar-refractivity contribution in [2.45, 2.75) is 18.9 Å². The summed E-state index contributed by atoms with van der Waals surface area (Å²) in [5.41, 5.74) is 0. The first-order valence-corrected chi connectivity index (χ1v) is 4.28. The molecule has 0 aromatic heterocycles. The van der Waals surface area contributed by atoms with Crippen molar-refractivity contribution < 1.29 is 9.53 Å². The van der Waals surface area contributed by atoms with Crippen molar-refractivity contribution in [2.24, 2.45) is 0 Å². The predicted octanol–water partition coefficient (Wildman–Crippen LogP) is 0.510. The minimum absolute atomic E-state index is 0.0752. The van der Waals surface area contributed by atoms with E-state index in [1.807, 2.05) is 0 Å². The molecule has 0 radical (unpaired) electrons. The van der Waals surface area contributed by atoms with Crippen LogP contribution in [-0.4, -0.2) is 31.6 Å². The van der Waals surface area contributed by atoms with Crippen LogP contribution in [0.5, 0.6) is 0 Å². The molecular formula is C9H15NO2. The summed E-state index contributed by atoms with van der Waals surface area (Å²) in [7, 11) is 0. The molecule has 0 bridgehead atoms. The molecule has 68 valence electrons. The summed E-state index contributed by atoms with van der Waals surface area (Å²) >= 11 is 0. The van der Waals surface area contributed by atoms with Gasteiger partial charge in [0.2, 0.25) is 0 Å². The van der Waals surface area contributed by atoms with Crippen LogP contribution in [0.4, 0.5) is 0 Å². The Kier molecular flexibility index (Phi) is 3.97. The molecule has 0 aromatic rings. The molecule has 3 nitrogen and oxygen atoms in total. The van der Waals surface area contributed by atoms with Gasteiger partial charge in [0, 0.05) is 25.9 Å². The Morgan fingerprint density at radius 2 is 2.58 bits per heavy atom. The van der Waals surface area contributed by atoms with Gasteiger partial charge in [-0.2, -0.15) is 0 Å². The fourth-order valence-corrected chi connectivity index (χ4v) is 1.25. The third kappa shape index (κ3) is 3.15. The van der Waals surface area contributed by atoms with Crippen LogP contribution in [0.15, 0.2) is 12.7 Å². The van der Waals surface area contributed by atoms with Gasteiger partial charge in [0.05, 0.1) is 12.7 Å². The average molecular weight is 169 g/mol. The number of ketones is 1. The zero-order valence-electron chi connectivity index (χ0n) is 7.21. The maximum absolute atomic E-state index is 11.1. The molecule has 1 aliphatic heterocycles. The number of hydrogen-bond acceptors (Lipinski definition) is 3. The quantitative estimate of drug-likeness (QED) is 0.623. The number of carbonyl (C=O) groups is 1. The van der Waals surface area contributed by atoms with Gasteiger partial charge in [-0.3, -0.25) is 4.79 Å². The van der Waals surface area contributed by atoms with Crippen LogP contribution in [0, 0.1) is 0 Å². The van der Waals surface area contributed by atoms with E-state index >= 15 is 0 Å². The van der Waals surface area contributed by atoms with Gasteiger partial charge >= 0.3 is 0 Å². The van der Waals surface area contributed by atoms with Gasteiger partial charge < -0.3 is 10.1 Å². The first kappa shape index (κ1) is 9.42. The number of carbonyl (C=O) groups excluding carboxylic acids is 1. The number of ether oxygens (including phenoxy) is 1. The Bertz CT molecular complexity index is 162. The highest BCUT2D eigenvalue weighted by Gasteiger charge is 2.15. The number of nitrogens with one attached hydrogen (secondary N) is 1. The minimum Gasteiger partial charge on any atom is -0.375 e. The molecule has 0 aromatic carbocycles. The van der Waals surface area contributed by atoms with E-state index in [4.69, 9.17) is 4.74 Å². The van der Waals surface area contributed by atoms with E-state index in [1.54, 1.807) is 6.08 Å². The average Bonchev–Trinajstić information content (AvgIpc) is 2.06. The molecule has 0 saturated carbocycles. The number of allylic oxidation sites excluding steroid dienone is 1. The first-order chi connectivity index (χ1) is 5.83. The van der Waals surface area contributed by atoms with Crippen molar-refractivity contribution in [1.29, 1.82) is 0 Å². The lowest BCUT2D eigenvalue weighted by atomic mass is 10.1.